The van der Waals surface area contributed by atoms with Gasteiger partial charge in [0.1, 0.15) is 9.55 Å². The number of hydrogen-bond acceptors (Lipinski definition) is 0. The molecule has 0 unspecified atom stereocenters. The summed E-state index contributed by atoms with van der Waals surface area (Å²) in [6.07, 6.45) is 0. The molecule has 0 radical (unpaired) electrons. The van der Waals surface area contributed by atoms with Crippen molar-refractivity contribution in [3.8, 4) is 0 Å². The molecule has 0 saturated heterocycles. The smallest absolute Gasteiger partial charge is 1.00 e. The Morgan fingerprint density at radius 3 is 1.50 bits per heavy atom. The summed E-state index contributed by atoms with van der Waals surface area (Å²) in [5, 5.41) is 0. The van der Waals surface area contributed by atoms with Gasteiger partial charge in [0.25, 0.3) is 0 Å². The van der Waals surface area contributed by atoms with Gasteiger partial charge in [0.2, 0.25) is 0 Å². The molecular formula is H6CaCl2Si. The molecule has 0 spiro atoms. The molecule has 0 amide bonds. The van der Waals surface area contributed by atoms with Crippen LogP contribution in [0.25, 0.3) is 0 Å². The Balaban J connectivity index is -0.000000000833. The van der Waals surface area contributed by atoms with Gasteiger partial charge in [-0.2, -0.15) is 11.1 Å². The molecule has 0 rings (SSSR count). The van der Waals surface area contributed by atoms with Crippen molar-refractivity contribution in [1.29, 1.82) is 0 Å². The summed E-state index contributed by atoms with van der Waals surface area (Å²) in [5.41, 5.74) is 0. The molecule has 0 N–H and O–H groups in total. The van der Waals surface area contributed by atoms with Gasteiger partial charge in [-0.25, -0.2) is 0 Å². The molecule has 0 aliphatic heterocycles. The Kier molecular flexibility index (Phi) is 81.5. The van der Waals surface area contributed by atoms with Crippen LogP contribution in [0, 0.1) is 0 Å². The maximum Gasteiger partial charge on any atom is 2.00 e. The normalized spacial score (nSPS) is 2.25. The summed E-state index contributed by atoms with van der Waals surface area (Å²) in [7, 11) is 0.778. The molecule has 0 heterocycles. The van der Waals surface area contributed by atoms with Crippen LogP contribution in [0.3, 0.4) is 0 Å². The van der Waals surface area contributed by atoms with E-state index >= 15 is 0 Å². The molecule has 26 valence electrons. The molecule has 4 heteroatoms. The third-order valence-electron chi connectivity index (χ3n) is 0. The zero-order chi connectivity index (χ0) is 2.00. The van der Waals surface area contributed by atoms with Gasteiger partial charge in [0.15, 0.2) is 0 Å². The Labute approximate surface area is 72.8 Å². The molecule has 0 aromatic carbocycles. The zero-order valence-electron chi connectivity index (χ0n) is 4.49. The third kappa shape index (κ3) is 8.96. The Hall–Kier alpha value is 2.06. The van der Waals surface area contributed by atoms with Crippen molar-refractivity contribution < 1.29 is 2.85 Å². The van der Waals surface area contributed by atoms with Crippen molar-refractivity contribution >= 4 is 70.8 Å². The van der Waals surface area contributed by atoms with Crippen LogP contribution < -0.4 is 0 Å². The first-order chi connectivity index (χ1) is 1.00. The van der Waals surface area contributed by atoms with Crippen LogP contribution in [0.1, 0.15) is 2.85 Å². The summed E-state index contributed by atoms with van der Waals surface area (Å²) < 4.78 is 0. The van der Waals surface area contributed by atoms with Crippen LogP contribution in [0.5, 0.6) is 0 Å². The van der Waals surface area contributed by atoms with Gasteiger partial charge in [-0.15, -0.1) is 12.4 Å². The van der Waals surface area contributed by atoms with Crippen molar-refractivity contribution in [2.24, 2.45) is 0 Å². The molecule has 0 saturated carbocycles. The van der Waals surface area contributed by atoms with Crippen LogP contribution in [0.2, 0.25) is 0 Å². The van der Waals surface area contributed by atoms with Crippen LogP contribution >= 0.6 is 23.5 Å². The summed E-state index contributed by atoms with van der Waals surface area (Å²) in [5.74, 6) is 0. The molecule has 0 nitrogen and oxygen atoms in total. The topological polar surface area (TPSA) is 0 Å². The molecule has 0 aliphatic rings. The van der Waals surface area contributed by atoms with Gasteiger partial charge in [-0.1, -0.05) is 0 Å². The summed E-state index contributed by atoms with van der Waals surface area (Å²) >= 11 is 4.78. The van der Waals surface area contributed by atoms with Gasteiger partial charge >= 0.3 is 37.7 Å². The average molecular weight is 145 g/mol. The maximum absolute atomic E-state index is 4.78. The van der Waals surface area contributed by atoms with Crippen molar-refractivity contribution in [3.05, 3.63) is 0 Å². The fourth-order valence-electron chi connectivity index (χ4n) is 0. The van der Waals surface area contributed by atoms with Gasteiger partial charge in [0, 0.05) is 0 Å². The Bertz CT molecular complexity index is 11.5. The maximum atomic E-state index is 4.78. The minimum absolute atomic E-state index is 0. The number of halogens is 2. The van der Waals surface area contributed by atoms with Crippen LogP contribution in [-0.2, 0) is 0 Å². The molecule has 0 aromatic heterocycles. The van der Waals surface area contributed by atoms with Crippen molar-refractivity contribution in [3.63, 3.8) is 0 Å². The fourth-order valence-corrected chi connectivity index (χ4v) is 0. The van der Waals surface area contributed by atoms with E-state index in [0.29, 0.717) is 0 Å². The van der Waals surface area contributed by atoms with Crippen molar-refractivity contribution in [2.75, 3.05) is 0 Å². The number of hydrogen-bond donors (Lipinski definition) is 0. The van der Waals surface area contributed by atoms with E-state index in [0.717, 1.165) is 9.55 Å². The third-order valence-corrected chi connectivity index (χ3v) is 0. The van der Waals surface area contributed by atoms with Crippen molar-refractivity contribution in [1.82, 2.24) is 0 Å². The molecular weight excluding hydrogens is 139 g/mol. The number of rotatable bonds is 0. The van der Waals surface area contributed by atoms with Crippen LogP contribution in [0.15, 0.2) is 0 Å². The van der Waals surface area contributed by atoms with E-state index in [-0.39, 0.29) is 53.0 Å². The van der Waals surface area contributed by atoms with E-state index in [1.165, 1.54) is 0 Å². The average Bonchev–Trinajstić information content (AvgIpc) is 1.00. The first-order valence-electron chi connectivity index (χ1n) is 0.378. The first-order valence-corrected chi connectivity index (χ1v) is 3.40. The summed E-state index contributed by atoms with van der Waals surface area (Å²) in [6, 6.07) is 0. The van der Waals surface area contributed by atoms with E-state index < -0.39 is 0 Å². The van der Waals surface area contributed by atoms with Gasteiger partial charge in [-0.05, 0) is 0 Å². The molecule has 0 atom stereocenters. The standard InChI is InChI=1S/Ca.ClH3Si.ClH.2H/c;1-2;;;/h;2H3;1H;;/q+2;;;2*-1. The summed E-state index contributed by atoms with van der Waals surface area (Å²) in [6.45, 7) is 0. The summed E-state index contributed by atoms with van der Waals surface area (Å²) in [4.78, 5) is 0. The van der Waals surface area contributed by atoms with E-state index in [1.54, 1.807) is 0 Å². The van der Waals surface area contributed by atoms with Crippen LogP contribution in [-0.4, -0.2) is 47.3 Å². The van der Waals surface area contributed by atoms with Crippen molar-refractivity contribution in [2.45, 2.75) is 0 Å². The Morgan fingerprint density at radius 2 is 1.50 bits per heavy atom. The van der Waals surface area contributed by atoms with E-state index in [2.05, 4.69) is 0 Å². The molecule has 0 aromatic rings. The predicted molar refractivity (Wildman–Crippen MR) is 31.0 cm³/mol. The quantitative estimate of drug-likeness (QED) is 0.326. The fraction of sp³-hybridized carbons (Fsp3) is 0. The molecule has 0 fully saturated rings. The second kappa shape index (κ2) is 19.7. The first kappa shape index (κ1) is 16.6. The minimum Gasteiger partial charge on any atom is -1.00 e. The van der Waals surface area contributed by atoms with Gasteiger partial charge in [0.05, 0.1) is 0 Å². The van der Waals surface area contributed by atoms with Crippen LogP contribution in [0.4, 0.5) is 0 Å². The molecule has 0 bridgehead atoms. The largest absolute Gasteiger partial charge is 2.00 e. The molecule has 4 heavy (non-hydrogen) atoms. The SMILES string of the molecule is Cl.[Ca+2].[H-].[H-].[SiH3]Cl. The Morgan fingerprint density at radius 1 is 1.50 bits per heavy atom. The zero-order valence-corrected chi connectivity index (χ0v) is 8.27. The minimum atomic E-state index is 0. The van der Waals surface area contributed by atoms with E-state index in [1.807, 2.05) is 0 Å². The predicted octanol–water partition coefficient (Wildman–Crippen LogP) is -0.228. The van der Waals surface area contributed by atoms with E-state index in [9.17, 15) is 0 Å². The monoisotopic (exact) mass is 144 g/mol. The van der Waals surface area contributed by atoms with Gasteiger partial charge < -0.3 is 2.85 Å². The van der Waals surface area contributed by atoms with E-state index in [4.69, 9.17) is 11.1 Å². The second-order valence-corrected chi connectivity index (χ2v) is 0. The second-order valence-electron chi connectivity index (χ2n) is 0. The van der Waals surface area contributed by atoms with Gasteiger partial charge in [-0.3, -0.25) is 0 Å². The molecule has 0 aliphatic carbocycles.